The van der Waals surface area contributed by atoms with Crippen LogP contribution in [0.5, 0.6) is 0 Å². The molecular weight excluding hydrogens is 226 g/mol. The van der Waals surface area contributed by atoms with Crippen molar-refractivity contribution in [2.75, 3.05) is 20.1 Å². The first-order valence-corrected chi connectivity index (χ1v) is 6.28. The highest BCUT2D eigenvalue weighted by Gasteiger charge is 2.22. The molecular formula is C14H23N3O. The second-order valence-corrected chi connectivity index (χ2v) is 5.43. The minimum atomic E-state index is -0.129. The van der Waals surface area contributed by atoms with Crippen LogP contribution in [0, 0.1) is 5.41 Å². The lowest BCUT2D eigenvalue weighted by molar-refractivity contribution is -0.131. The molecule has 0 bridgehead atoms. The van der Waals surface area contributed by atoms with E-state index >= 15 is 0 Å². The summed E-state index contributed by atoms with van der Waals surface area (Å²) in [5.41, 5.74) is 6.52. The summed E-state index contributed by atoms with van der Waals surface area (Å²) in [6.45, 7) is 5.23. The van der Waals surface area contributed by atoms with Gasteiger partial charge in [-0.2, -0.15) is 0 Å². The first-order valence-electron chi connectivity index (χ1n) is 6.28. The molecule has 18 heavy (non-hydrogen) atoms. The minimum absolute atomic E-state index is 0.129. The lowest BCUT2D eigenvalue weighted by Gasteiger charge is -2.25. The Morgan fingerprint density at radius 1 is 1.44 bits per heavy atom. The van der Waals surface area contributed by atoms with E-state index in [2.05, 4.69) is 4.98 Å². The number of pyridine rings is 1. The largest absolute Gasteiger partial charge is 0.345 e. The number of nitrogens with zero attached hydrogens (tertiary/aromatic N) is 2. The normalized spacial score (nSPS) is 11.3. The van der Waals surface area contributed by atoms with Crippen LogP contribution in [0.1, 0.15) is 26.0 Å². The zero-order valence-corrected chi connectivity index (χ0v) is 11.5. The van der Waals surface area contributed by atoms with Gasteiger partial charge in [0, 0.05) is 38.3 Å². The molecule has 1 aromatic rings. The van der Waals surface area contributed by atoms with Gasteiger partial charge in [0.05, 0.1) is 0 Å². The summed E-state index contributed by atoms with van der Waals surface area (Å²) in [7, 11) is 1.83. The number of hydrogen-bond acceptors (Lipinski definition) is 3. The van der Waals surface area contributed by atoms with Crippen LogP contribution in [0.4, 0.5) is 0 Å². The minimum Gasteiger partial charge on any atom is -0.345 e. The summed E-state index contributed by atoms with van der Waals surface area (Å²) in [4.78, 5) is 18.0. The first-order chi connectivity index (χ1) is 8.44. The van der Waals surface area contributed by atoms with E-state index in [1.54, 1.807) is 11.1 Å². The molecule has 100 valence electrons. The Kier molecular flexibility index (Phi) is 5.28. The smallest absolute Gasteiger partial charge is 0.222 e. The maximum Gasteiger partial charge on any atom is 0.222 e. The average molecular weight is 249 g/mol. The molecule has 0 saturated heterocycles. The van der Waals surface area contributed by atoms with Crippen molar-refractivity contribution in [1.82, 2.24) is 9.88 Å². The van der Waals surface area contributed by atoms with Crippen molar-refractivity contribution in [3.8, 4) is 0 Å². The second kappa shape index (κ2) is 6.50. The molecule has 4 heteroatoms. The van der Waals surface area contributed by atoms with Gasteiger partial charge in [-0.3, -0.25) is 9.78 Å². The predicted molar refractivity (Wildman–Crippen MR) is 73.0 cm³/mol. The lowest BCUT2D eigenvalue weighted by atomic mass is 9.89. The van der Waals surface area contributed by atoms with E-state index < -0.39 is 0 Å². The summed E-state index contributed by atoms with van der Waals surface area (Å²) < 4.78 is 0. The molecule has 1 aromatic heterocycles. The highest BCUT2D eigenvalue weighted by Crippen LogP contribution is 2.19. The fourth-order valence-electron chi connectivity index (χ4n) is 1.57. The van der Waals surface area contributed by atoms with Gasteiger partial charge in [0.1, 0.15) is 0 Å². The Morgan fingerprint density at radius 3 is 2.72 bits per heavy atom. The molecule has 0 aliphatic heterocycles. The highest BCUT2D eigenvalue weighted by atomic mass is 16.2. The predicted octanol–water partition coefficient (Wildman–Crippen LogP) is 1.46. The van der Waals surface area contributed by atoms with Gasteiger partial charge in [0.25, 0.3) is 0 Å². The van der Waals surface area contributed by atoms with Crippen LogP contribution in [0.2, 0.25) is 0 Å². The molecule has 0 saturated carbocycles. The van der Waals surface area contributed by atoms with Gasteiger partial charge in [0.15, 0.2) is 0 Å². The van der Waals surface area contributed by atoms with Gasteiger partial charge in [-0.05, 0) is 24.1 Å². The monoisotopic (exact) mass is 249 g/mol. The maximum absolute atomic E-state index is 12.0. The Morgan fingerprint density at radius 2 is 2.17 bits per heavy atom. The molecule has 0 atom stereocenters. The van der Waals surface area contributed by atoms with Crippen molar-refractivity contribution < 1.29 is 4.79 Å². The highest BCUT2D eigenvalue weighted by molar-refractivity contribution is 5.76. The summed E-state index contributed by atoms with van der Waals surface area (Å²) in [6, 6.07) is 5.83. The van der Waals surface area contributed by atoms with E-state index in [1.807, 2.05) is 39.1 Å². The van der Waals surface area contributed by atoms with E-state index in [-0.39, 0.29) is 11.3 Å². The fourth-order valence-corrected chi connectivity index (χ4v) is 1.57. The second-order valence-electron chi connectivity index (χ2n) is 5.43. The van der Waals surface area contributed by atoms with Crippen molar-refractivity contribution >= 4 is 5.91 Å². The summed E-state index contributed by atoms with van der Waals surface area (Å²) in [5, 5.41) is 0. The lowest BCUT2D eigenvalue weighted by Crippen LogP contribution is -2.35. The van der Waals surface area contributed by atoms with E-state index in [0.29, 0.717) is 19.5 Å². The molecule has 0 spiro atoms. The van der Waals surface area contributed by atoms with E-state index in [0.717, 1.165) is 12.1 Å². The molecule has 0 aliphatic rings. The summed E-state index contributed by atoms with van der Waals surface area (Å²) in [5.74, 6) is 0.140. The quantitative estimate of drug-likeness (QED) is 0.830. The van der Waals surface area contributed by atoms with Gasteiger partial charge in [-0.1, -0.05) is 19.9 Å². The van der Waals surface area contributed by atoms with Gasteiger partial charge in [0.2, 0.25) is 5.91 Å². The number of nitrogens with two attached hydrogens (primary N) is 1. The van der Waals surface area contributed by atoms with Crippen LogP contribution < -0.4 is 5.73 Å². The number of rotatable bonds is 6. The van der Waals surface area contributed by atoms with E-state index in [1.165, 1.54) is 0 Å². The Labute approximate surface area is 109 Å². The third kappa shape index (κ3) is 4.84. The molecule has 0 aliphatic carbocycles. The van der Waals surface area contributed by atoms with E-state index in [4.69, 9.17) is 5.73 Å². The maximum atomic E-state index is 12.0. The first kappa shape index (κ1) is 14.6. The number of hydrogen-bond donors (Lipinski definition) is 1. The van der Waals surface area contributed by atoms with Crippen LogP contribution in [0.25, 0.3) is 0 Å². The SMILES string of the molecule is CN(CCc1ccccn1)C(=O)CC(C)(C)CN. The van der Waals surface area contributed by atoms with Gasteiger partial charge in [-0.25, -0.2) is 0 Å². The Bertz CT molecular complexity index is 376. The fraction of sp³-hybridized carbons (Fsp3) is 0.571. The summed E-state index contributed by atoms with van der Waals surface area (Å²) >= 11 is 0. The molecule has 1 rings (SSSR count). The van der Waals surface area contributed by atoms with Gasteiger partial charge >= 0.3 is 0 Å². The zero-order valence-electron chi connectivity index (χ0n) is 11.5. The van der Waals surface area contributed by atoms with Crippen LogP contribution in [-0.4, -0.2) is 35.9 Å². The Hall–Kier alpha value is -1.42. The average Bonchev–Trinajstić information content (AvgIpc) is 2.36. The van der Waals surface area contributed by atoms with Crippen LogP contribution in [0.3, 0.4) is 0 Å². The number of amides is 1. The van der Waals surface area contributed by atoms with Crippen LogP contribution >= 0.6 is 0 Å². The van der Waals surface area contributed by atoms with E-state index in [9.17, 15) is 4.79 Å². The zero-order chi connectivity index (χ0) is 13.6. The van der Waals surface area contributed by atoms with Gasteiger partial charge < -0.3 is 10.6 Å². The van der Waals surface area contributed by atoms with Crippen molar-refractivity contribution in [2.45, 2.75) is 26.7 Å². The molecule has 4 nitrogen and oxygen atoms in total. The topological polar surface area (TPSA) is 59.2 Å². The Balaban J connectivity index is 2.41. The number of likely N-dealkylation sites (N-methyl/N-ethyl adjacent to an activating group) is 1. The van der Waals surface area contributed by atoms with Crippen molar-refractivity contribution in [1.29, 1.82) is 0 Å². The number of carbonyl (C=O) groups is 1. The van der Waals surface area contributed by atoms with Crippen LogP contribution in [-0.2, 0) is 11.2 Å². The molecule has 0 fully saturated rings. The number of aromatic nitrogens is 1. The molecule has 0 unspecified atom stereocenters. The third-order valence-corrected chi connectivity index (χ3v) is 3.04. The van der Waals surface area contributed by atoms with Gasteiger partial charge in [-0.15, -0.1) is 0 Å². The number of carbonyl (C=O) groups excluding carboxylic acids is 1. The third-order valence-electron chi connectivity index (χ3n) is 3.04. The molecule has 1 heterocycles. The molecule has 2 N–H and O–H groups in total. The van der Waals surface area contributed by atoms with Crippen molar-refractivity contribution in [2.24, 2.45) is 11.1 Å². The van der Waals surface area contributed by atoms with Crippen molar-refractivity contribution in [3.05, 3.63) is 30.1 Å². The standard InChI is InChI=1S/C14H23N3O/c1-14(2,11-15)10-13(18)17(3)9-7-12-6-4-5-8-16-12/h4-6,8H,7,9-11,15H2,1-3H3. The molecule has 0 aromatic carbocycles. The molecule has 1 amide bonds. The summed E-state index contributed by atoms with van der Waals surface area (Å²) in [6.07, 6.45) is 3.04. The molecule has 0 radical (unpaired) electrons. The van der Waals surface area contributed by atoms with Crippen LogP contribution in [0.15, 0.2) is 24.4 Å². The van der Waals surface area contributed by atoms with Crippen molar-refractivity contribution in [3.63, 3.8) is 0 Å².